The maximum Gasteiger partial charge on any atom is 0.0958 e. The Morgan fingerprint density at radius 1 is 0.882 bits per heavy atom. The van der Waals surface area contributed by atoms with Gasteiger partial charge in [-0.3, -0.25) is 5.84 Å². The molecule has 0 aliphatic rings. The number of hydrazine groups is 1. The number of nitrogens with one attached hydrogen (secondary N) is 2. The highest BCUT2D eigenvalue weighted by atomic mass is 15.3. The summed E-state index contributed by atoms with van der Waals surface area (Å²) in [4.78, 5) is 0. The fourth-order valence-electron chi connectivity index (χ4n) is 1.84. The minimum absolute atomic E-state index is 0.0141. The first-order chi connectivity index (χ1) is 8.35. The largest absolute Gasteiger partial charge is 0.300 e. The lowest BCUT2D eigenvalue weighted by Crippen LogP contribution is -2.36. The van der Waals surface area contributed by atoms with Crippen LogP contribution in [-0.4, -0.2) is 7.05 Å². The van der Waals surface area contributed by atoms with E-state index in [2.05, 4.69) is 47.1 Å². The fraction of sp³-hybridized carbons (Fsp3) is 0.143. The van der Waals surface area contributed by atoms with E-state index in [1.54, 1.807) is 0 Å². The molecule has 0 aliphatic carbocycles. The van der Waals surface area contributed by atoms with Crippen molar-refractivity contribution in [3.63, 3.8) is 0 Å². The van der Waals surface area contributed by atoms with Gasteiger partial charge in [-0.15, -0.1) is 0 Å². The molecule has 0 aliphatic heterocycles. The molecule has 0 amide bonds. The van der Waals surface area contributed by atoms with Gasteiger partial charge in [0.05, 0.1) is 6.17 Å². The molecule has 1 unspecified atom stereocenters. The summed E-state index contributed by atoms with van der Waals surface area (Å²) in [7, 11) is 1.87. The SMILES string of the molecule is CNC(NN)c1ccc(-c2ccccc2)cc1. The van der Waals surface area contributed by atoms with E-state index >= 15 is 0 Å². The molecule has 3 nitrogen and oxygen atoms in total. The zero-order valence-corrected chi connectivity index (χ0v) is 9.85. The quantitative estimate of drug-likeness (QED) is 0.425. The fourth-order valence-corrected chi connectivity index (χ4v) is 1.84. The van der Waals surface area contributed by atoms with Crippen molar-refractivity contribution in [2.45, 2.75) is 6.17 Å². The van der Waals surface area contributed by atoms with Gasteiger partial charge < -0.3 is 5.32 Å². The summed E-state index contributed by atoms with van der Waals surface area (Å²) in [6.07, 6.45) is -0.0141. The molecule has 0 aromatic heterocycles. The van der Waals surface area contributed by atoms with Gasteiger partial charge >= 0.3 is 0 Å². The molecule has 0 saturated heterocycles. The second-order valence-corrected chi connectivity index (χ2v) is 3.88. The summed E-state index contributed by atoms with van der Waals surface area (Å²) in [5.74, 6) is 5.45. The van der Waals surface area contributed by atoms with Crippen LogP contribution >= 0.6 is 0 Å². The summed E-state index contributed by atoms with van der Waals surface area (Å²) in [6.45, 7) is 0. The first kappa shape index (κ1) is 11.8. The third-order valence-electron chi connectivity index (χ3n) is 2.81. The molecule has 0 heterocycles. The third-order valence-corrected chi connectivity index (χ3v) is 2.81. The van der Waals surface area contributed by atoms with Gasteiger partial charge in [0.15, 0.2) is 0 Å². The molecule has 88 valence electrons. The second-order valence-electron chi connectivity index (χ2n) is 3.88. The van der Waals surface area contributed by atoms with E-state index in [0.29, 0.717) is 0 Å². The van der Waals surface area contributed by atoms with Gasteiger partial charge in [-0.05, 0) is 23.7 Å². The highest BCUT2D eigenvalue weighted by Gasteiger charge is 2.05. The average Bonchev–Trinajstić information content (AvgIpc) is 2.42. The number of rotatable bonds is 4. The van der Waals surface area contributed by atoms with Crippen LogP contribution in [0.25, 0.3) is 11.1 Å². The zero-order valence-electron chi connectivity index (χ0n) is 9.85. The Labute approximate surface area is 102 Å². The molecule has 2 rings (SSSR count). The van der Waals surface area contributed by atoms with Crippen LogP contribution < -0.4 is 16.6 Å². The summed E-state index contributed by atoms with van der Waals surface area (Å²) in [6, 6.07) is 18.7. The van der Waals surface area contributed by atoms with Gasteiger partial charge in [-0.2, -0.15) is 0 Å². The summed E-state index contributed by atoms with van der Waals surface area (Å²) < 4.78 is 0. The smallest absolute Gasteiger partial charge is 0.0958 e. The molecule has 0 fully saturated rings. The molecule has 0 bridgehead atoms. The lowest BCUT2D eigenvalue weighted by Gasteiger charge is -2.15. The first-order valence-corrected chi connectivity index (χ1v) is 5.64. The number of hydrogen-bond acceptors (Lipinski definition) is 3. The van der Waals surface area contributed by atoms with Gasteiger partial charge in [0.2, 0.25) is 0 Å². The van der Waals surface area contributed by atoms with Gasteiger partial charge in [0.25, 0.3) is 0 Å². The van der Waals surface area contributed by atoms with E-state index in [-0.39, 0.29) is 6.17 Å². The third kappa shape index (κ3) is 2.71. The average molecular weight is 227 g/mol. The van der Waals surface area contributed by atoms with Crippen molar-refractivity contribution in [1.29, 1.82) is 0 Å². The Kier molecular flexibility index (Phi) is 3.88. The molecule has 4 N–H and O–H groups in total. The van der Waals surface area contributed by atoms with Crippen molar-refractivity contribution in [2.24, 2.45) is 5.84 Å². The van der Waals surface area contributed by atoms with Crippen LogP contribution in [0.3, 0.4) is 0 Å². The minimum atomic E-state index is -0.0141. The van der Waals surface area contributed by atoms with Crippen molar-refractivity contribution in [1.82, 2.24) is 10.7 Å². The van der Waals surface area contributed by atoms with E-state index in [1.165, 1.54) is 11.1 Å². The number of nitrogens with two attached hydrogens (primary N) is 1. The molecular weight excluding hydrogens is 210 g/mol. The molecule has 2 aromatic carbocycles. The normalized spacial score (nSPS) is 12.4. The zero-order chi connectivity index (χ0) is 12.1. The highest BCUT2D eigenvalue weighted by molar-refractivity contribution is 5.63. The Morgan fingerprint density at radius 3 is 2.00 bits per heavy atom. The molecule has 17 heavy (non-hydrogen) atoms. The number of hydrogen-bond donors (Lipinski definition) is 3. The molecule has 0 radical (unpaired) electrons. The Bertz CT molecular complexity index is 447. The van der Waals surface area contributed by atoms with Gasteiger partial charge in [0.1, 0.15) is 0 Å². The van der Waals surface area contributed by atoms with Gasteiger partial charge in [-0.25, -0.2) is 5.43 Å². The maximum absolute atomic E-state index is 5.45. The van der Waals surface area contributed by atoms with E-state index in [9.17, 15) is 0 Å². The highest BCUT2D eigenvalue weighted by Crippen LogP contribution is 2.20. The van der Waals surface area contributed by atoms with E-state index in [1.807, 2.05) is 25.2 Å². The van der Waals surface area contributed by atoms with Crippen LogP contribution in [-0.2, 0) is 0 Å². The molecular formula is C14H17N3. The van der Waals surface area contributed by atoms with Crippen LogP contribution in [0, 0.1) is 0 Å². The maximum atomic E-state index is 5.45. The monoisotopic (exact) mass is 227 g/mol. The van der Waals surface area contributed by atoms with Crippen LogP contribution in [0.4, 0.5) is 0 Å². The molecule has 3 heteroatoms. The van der Waals surface area contributed by atoms with E-state index in [0.717, 1.165) is 5.56 Å². The predicted octanol–water partition coefficient (Wildman–Crippen LogP) is 2.03. The topological polar surface area (TPSA) is 50.1 Å². The van der Waals surface area contributed by atoms with Crippen molar-refractivity contribution >= 4 is 0 Å². The summed E-state index contributed by atoms with van der Waals surface area (Å²) in [5.41, 5.74) is 6.27. The van der Waals surface area contributed by atoms with Crippen LogP contribution in [0.1, 0.15) is 11.7 Å². The molecule has 2 aromatic rings. The van der Waals surface area contributed by atoms with Crippen molar-refractivity contribution in [2.75, 3.05) is 7.05 Å². The summed E-state index contributed by atoms with van der Waals surface area (Å²) in [5, 5.41) is 3.09. The summed E-state index contributed by atoms with van der Waals surface area (Å²) >= 11 is 0. The predicted molar refractivity (Wildman–Crippen MR) is 71.0 cm³/mol. The van der Waals surface area contributed by atoms with Crippen molar-refractivity contribution in [3.05, 3.63) is 60.2 Å². The van der Waals surface area contributed by atoms with Crippen LogP contribution in [0.5, 0.6) is 0 Å². The van der Waals surface area contributed by atoms with Crippen LogP contribution in [0.2, 0.25) is 0 Å². The Hall–Kier alpha value is -1.68. The van der Waals surface area contributed by atoms with Crippen molar-refractivity contribution < 1.29 is 0 Å². The van der Waals surface area contributed by atoms with E-state index in [4.69, 9.17) is 5.84 Å². The van der Waals surface area contributed by atoms with Crippen molar-refractivity contribution in [3.8, 4) is 11.1 Å². The first-order valence-electron chi connectivity index (χ1n) is 5.64. The Balaban J connectivity index is 2.24. The van der Waals surface area contributed by atoms with E-state index < -0.39 is 0 Å². The van der Waals surface area contributed by atoms with Gasteiger partial charge in [0, 0.05) is 0 Å². The minimum Gasteiger partial charge on any atom is -0.300 e. The second kappa shape index (κ2) is 5.59. The molecule has 0 saturated carbocycles. The molecule has 0 spiro atoms. The van der Waals surface area contributed by atoms with Crippen LogP contribution in [0.15, 0.2) is 54.6 Å². The standard InChI is InChI=1S/C14H17N3/c1-16-14(17-15)13-9-7-12(8-10-13)11-5-3-2-4-6-11/h2-10,14,16-17H,15H2,1H3. The number of benzene rings is 2. The van der Waals surface area contributed by atoms with Gasteiger partial charge in [-0.1, -0.05) is 54.6 Å². The lowest BCUT2D eigenvalue weighted by molar-refractivity contribution is 0.489. The molecule has 1 atom stereocenters. The lowest BCUT2D eigenvalue weighted by atomic mass is 10.0. The Morgan fingerprint density at radius 2 is 1.47 bits per heavy atom.